The summed E-state index contributed by atoms with van der Waals surface area (Å²) in [5.41, 5.74) is 0.809. The number of nitrogens with one attached hydrogen (secondary N) is 1. The van der Waals surface area contributed by atoms with E-state index in [1.807, 2.05) is 32.3 Å². The summed E-state index contributed by atoms with van der Waals surface area (Å²) >= 11 is 11.9. The molecule has 0 aliphatic heterocycles. The van der Waals surface area contributed by atoms with E-state index in [0.29, 0.717) is 16.6 Å². The summed E-state index contributed by atoms with van der Waals surface area (Å²) in [5.74, 6) is 0. The van der Waals surface area contributed by atoms with Gasteiger partial charge in [0.1, 0.15) is 5.60 Å². The molecule has 0 radical (unpaired) electrons. The van der Waals surface area contributed by atoms with Crippen LogP contribution in [0.2, 0.25) is 10.0 Å². The van der Waals surface area contributed by atoms with Gasteiger partial charge >= 0.3 is 0 Å². The van der Waals surface area contributed by atoms with Crippen LogP contribution in [0.5, 0.6) is 0 Å². The number of hydrogen-bond acceptors (Lipinski definition) is 3. The summed E-state index contributed by atoms with van der Waals surface area (Å²) < 4.78 is 1.67. The molecule has 2 aromatic rings. The summed E-state index contributed by atoms with van der Waals surface area (Å²) in [7, 11) is 1.82. The molecule has 2 N–H and O–H groups in total. The SMILES string of the molecule is CC(NCC(C)(O)c1cnn(C)c1)c1ccc(Cl)c(Cl)c1. The van der Waals surface area contributed by atoms with E-state index in [2.05, 4.69) is 10.4 Å². The minimum absolute atomic E-state index is 0.0444. The zero-order valence-electron chi connectivity index (χ0n) is 12.3. The average Bonchev–Trinajstić information content (AvgIpc) is 2.87. The minimum Gasteiger partial charge on any atom is -0.384 e. The molecule has 0 fully saturated rings. The Balaban J connectivity index is 2.03. The van der Waals surface area contributed by atoms with Gasteiger partial charge in [-0.1, -0.05) is 29.3 Å². The molecule has 2 rings (SSSR count). The molecule has 0 bridgehead atoms. The molecule has 1 aromatic carbocycles. The first kappa shape index (κ1) is 16.3. The Morgan fingerprint density at radius 2 is 2.10 bits per heavy atom. The number of hydrogen-bond donors (Lipinski definition) is 2. The Kier molecular flexibility index (Phi) is 4.94. The summed E-state index contributed by atoms with van der Waals surface area (Å²) in [6, 6.07) is 5.57. The molecule has 6 heteroatoms. The van der Waals surface area contributed by atoms with E-state index in [1.54, 1.807) is 23.9 Å². The number of rotatable bonds is 5. The highest BCUT2D eigenvalue weighted by Gasteiger charge is 2.25. The van der Waals surface area contributed by atoms with E-state index >= 15 is 0 Å². The molecule has 1 heterocycles. The topological polar surface area (TPSA) is 50.1 Å². The van der Waals surface area contributed by atoms with Crippen molar-refractivity contribution in [3.63, 3.8) is 0 Å². The van der Waals surface area contributed by atoms with E-state index in [9.17, 15) is 5.11 Å². The van der Waals surface area contributed by atoms with Gasteiger partial charge in [-0.15, -0.1) is 0 Å². The van der Waals surface area contributed by atoms with Crippen LogP contribution >= 0.6 is 23.2 Å². The Labute approximate surface area is 134 Å². The number of benzene rings is 1. The molecule has 2 unspecified atom stereocenters. The van der Waals surface area contributed by atoms with Crippen LogP contribution in [-0.4, -0.2) is 21.4 Å². The highest BCUT2D eigenvalue weighted by molar-refractivity contribution is 6.42. The second-order valence-electron chi connectivity index (χ2n) is 5.45. The van der Waals surface area contributed by atoms with Crippen molar-refractivity contribution in [3.8, 4) is 0 Å². The predicted molar refractivity (Wildman–Crippen MR) is 85.7 cm³/mol. The normalized spacial score (nSPS) is 15.7. The van der Waals surface area contributed by atoms with E-state index in [4.69, 9.17) is 23.2 Å². The standard InChI is InChI=1S/C15H19Cl2N3O/c1-10(11-4-5-13(16)14(17)6-11)18-9-15(2,21)12-7-19-20(3)8-12/h4-8,10,18,21H,9H2,1-3H3. The van der Waals surface area contributed by atoms with Crippen molar-refractivity contribution in [3.05, 3.63) is 51.8 Å². The molecule has 2 atom stereocenters. The molecule has 0 aliphatic carbocycles. The number of aliphatic hydroxyl groups is 1. The van der Waals surface area contributed by atoms with Gasteiger partial charge in [0.25, 0.3) is 0 Å². The van der Waals surface area contributed by atoms with Gasteiger partial charge in [-0.2, -0.15) is 5.10 Å². The van der Waals surface area contributed by atoms with Crippen molar-refractivity contribution in [2.45, 2.75) is 25.5 Å². The maximum absolute atomic E-state index is 10.5. The second kappa shape index (κ2) is 6.36. The number of aromatic nitrogens is 2. The molecule has 4 nitrogen and oxygen atoms in total. The first-order chi connectivity index (χ1) is 9.79. The lowest BCUT2D eigenvalue weighted by Crippen LogP contribution is -2.36. The molecule has 0 saturated carbocycles. The van der Waals surface area contributed by atoms with Gasteiger partial charge in [0.05, 0.1) is 16.2 Å². The molecule has 0 saturated heterocycles. The predicted octanol–water partition coefficient (Wildman–Crippen LogP) is 3.29. The van der Waals surface area contributed by atoms with Gasteiger partial charge in [-0.3, -0.25) is 4.68 Å². The highest BCUT2D eigenvalue weighted by atomic mass is 35.5. The summed E-state index contributed by atoms with van der Waals surface area (Å²) in [6.45, 7) is 4.18. The Morgan fingerprint density at radius 3 is 2.67 bits per heavy atom. The van der Waals surface area contributed by atoms with Gasteiger partial charge < -0.3 is 10.4 Å². The summed E-state index contributed by atoms with van der Waals surface area (Å²) in [4.78, 5) is 0. The van der Waals surface area contributed by atoms with Crippen molar-refractivity contribution in [1.29, 1.82) is 0 Å². The third-order valence-corrected chi connectivity index (χ3v) is 4.26. The van der Waals surface area contributed by atoms with Gasteiger partial charge in [-0.25, -0.2) is 0 Å². The first-order valence-electron chi connectivity index (χ1n) is 6.69. The average molecular weight is 328 g/mol. The van der Waals surface area contributed by atoms with Crippen molar-refractivity contribution >= 4 is 23.2 Å². The van der Waals surface area contributed by atoms with Crippen LogP contribution in [0.1, 0.15) is 31.0 Å². The maximum atomic E-state index is 10.5. The minimum atomic E-state index is -0.987. The van der Waals surface area contributed by atoms with E-state index < -0.39 is 5.60 Å². The van der Waals surface area contributed by atoms with Gasteiger partial charge in [0, 0.05) is 31.4 Å². The van der Waals surface area contributed by atoms with Crippen LogP contribution in [0.25, 0.3) is 0 Å². The Hall–Kier alpha value is -1.07. The van der Waals surface area contributed by atoms with Gasteiger partial charge in [-0.05, 0) is 31.5 Å². The maximum Gasteiger partial charge on any atom is 0.102 e. The van der Waals surface area contributed by atoms with Crippen LogP contribution in [-0.2, 0) is 12.6 Å². The molecular weight excluding hydrogens is 309 g/mol. The summed E-state index contributed by atoms with van der Waals surface area (Å²) in [5, 5.41) is 19.0. The van der Waals surface area contributed by atoms with Crippen molar-refractivity contribution < 1.29 is 5.11 Å². The lowest BCUT2D eigenvalue weighted by molar-refractivity contribution is 0.0543. The van der Waals surface area contributed by atoms with Crippen molar-refractivity contribution in [2.75, 3.05) is 6.54 Å². The van der Waals surface area contributed by atoms with Crippen molar-refractivity contribution in [1.82, 2.24) is 15.1 Å². The van der Waals surface area contributed by atoms with E-state index in [1.165, 1.54) is 0 Å². The molecule has 0 aliphatic rings. The smallest absolute Gasteiger partial charge is 0.102 e. The lowest BCUT2D eigenvalue weighted by Gasteiger charge is -2.25. The first-order valence-corrected chi connectivity index (χ1v) is 7.45. The van der Waals surface area contributed by atoms with Crippen LogP contribution in [0.15, 0.2) is 30.6 Å². The lowest BCUT2D eigenvalue weighted by atomic mass is 9.98. The highest BCUT2D eigenvalue weighted by Crippen LogP contribution is 2.26. The van der Waals surface area contributed by atoms with Crippen LogP contribution in [0, 0.1) is 0 Å². The fraction of sp³-hybridized carbons (Fsp3) is 0.400. The van der Waals surface area contributed by atoms with E-state index in [-0.39, 0.29) is 6.04 Å². The zero-order valence-corrected chi connectivity index (χ0v) is 13.8. The fourth-order valence-corrected chi connectivity index (χ4v) is 2.36. The Morgan fingerprint density at radius 1 is 1.38 bits per heavy atom. The molecule has 0 amide bonds. The van der Waals surface area contributed by atoms with Gasteiger partial charge in [0.15, 0.2) is 0 Å². The van der Waals surface area contributed by atoms with Crippen molar-refractivity contribution in [2.24, 2.45) is 7.05 Å². The molecular formula is C15H19Cl2N3O. The second-order valence-corrected chi connectivity index (χ2v) is 6.27. The third-order valence-electron chi connectivity index (χ3n) is 3.52. The summed E-state index contributed by atoms with van der Waals surface area (Å²) in [6.07, 6.45) is 3.48. The fourth-order valence-electron chi connectivity index (χ4n) is 2.05. The quantitative estimate of drug-likeness (QED) is 0.885. The Bertz CT molecular complexity index is 625. The van der Waals surface area contributed by atoms with Crippen LogP contribution < -0.4 is 5.32 Å². The van der Waals surface area contributed by atoms with Crippen LogP contribution in [0.4, 0.5) is 0 Å². The zero-order chi connectivity index (χ0) is 15.6. The third kappa shape index (κ3) is 3.98. The largest absolute Gasteiger partial charge is 0.384 e. The van der Waals surface area contributed by atoms with Crippen LogP contribution in [0.3, 0.4) is 0 Å². The monoisotopic (exact) mass is 327 g/mol. The van der Waals surface area contributed by atoms with E-state index in [0.717, 1.165) is 11.1 Å². The number of aryl methyl sites for hydroxylation is 1. The molecule has 0 spiro atoms. The number of halogens is 2. The number of nitrogens with zero attached hydrogens (tertiary/aromatic N) is 2. The van der Waals surface area contributed by atoms with Gasteiger partial charge in [0.2, 0.25) is 0 Å². The molecule has 114 valence electrons. The molecule has 21 heavy (non-hydrogen) atoms. The molecule has 1 aromatic heterocycles.